The molecular weight excluding hydrogens is 416 g/mol. The van der Waals surface area contributed by atoms with Gasteiger partial charge in [-0.3, -0.25) is 0 Å². The Kier molecular flexibility index (Phi) is 11.3. The van der Waals surface area contributed by atoms with Gasteiger partial charge in [-0.2, -0.15) is 0 Å². The third kappa shape index (κ3) is 9.41. The van der Waals surface area contributed by atoms with Gasteiger partial charge in [-0.1, -0.05) is 31.4 Å². The summed E-state index contributed by atoms with van der Waals surface area (Å²) in [5.41, 5.74) is -0.497. The van der Waals surface area contributed by atoms with Crippen LogP contribution in [0.1, 0.15) is 78.6 Å². The summed E-state index contributed by atoms with van der Waals surface area (Å²) in [6.07, 6.45) is 13.8. The summed E-state index contributed by atoms with van der Waals surface area (Å²) in [5.74, 6) is 0.759. The second-order valence-corrected chi connectivity index (χ2v) is 10.8. The average molecular weight is 459 g/mol. The summed E-state index contributed by atoms with van der Waals surface area (Å²) in [7, 11) is 1.83. The van der Waals surface area contributed by atoms with E-state index in [0.29, 0.717) is 25.0 Å². The fourth-order valence-corrected chi connectivity index (χ4v) is 5.65. The van der Waals surface area contributed by atoms with Gasteiger partial charge >= 0.3 is 5.97 Å². The van der Waals surface area contributed by atoms with Crippen LogP contribution in [0.3, 0.4) is 0 Å². The van der Waals surface area contributed by atoms with Crippen LogP contribution in [0.4, 0.5) is 0 Å². The number of carbonyl (C=O) groups is 1. The fourth-order valence-electron chi connectivity index (χ4n) is 5.17. The van der Waals surface area contributed by atoms with Crippen LogP contribution >= 0.6 is 11.6 Å². The van der Waals surface area contributed by atoms with E-state index >= 15 is 0 Å². The number of halogens is 1. The first kappa shape index (κ1) is 26.6. The number of esters is 1. The number of methoxy groups -OCH3 is 1. The van der Waals surface area contributed by atoms with E-state index < -0.39 is 5.60 Å². The number of alkyl halides is 1. The minimum atomic E-state index is -0.497. The normalized spacial score (nSPS) is 28.8. The van der Waals surface area contributed by atoms with Crippen LogP contribution in [0.15, 0.2) is 12.2 Å². The summed E-state index contributed by atoms with van der Waals surface area (Å²) in [6.45, 7) is 5.82. The minimum Gasteiger partial charge on any atom is -0.458 e. The maximum atomic E-state index is 11.7. The summed E-state index contributed by atoms with van der Waals surface area (Å²) >= 11 is 6.59. The zero-order valence-corrected chi connectivity index (χ0v) is 20.6. The van der Waals surface area contributed by atoms with Crippen LogP contribution < -0.4 is 0 Å². The number of carbonyl (C=O) groups excluding carboxylic acids is 1. The molecule has 0 aliphatic heterocycles. The van der Waals surface area contributed by atoms with Crippen molar-refractivity contribution in [2.45, 2.75) is 102 Å². The monoisotopic (exact) mass is 458 g/mol. The zero-order valence-electron chi connectivity index (χ0n) is 19.9. The molecule has 2 saturated carbocycles. The van der Waals surface area contributed by atoms with E-state index in [9.17, 15) is 9.90 Å². The molecule has 0 aromatic carbocycles. The Labute approximate surface area is 193 Å². The summed E-state index contributed by atoms with van der Waals surface area (Å²) in [6, 6.07) is 0. The van der Waals surface area contributed by atoms with Gasteiger partial charge in [0, 0.05) is 12.5 Å². The molecule has 6 heteroatoms. The van der Waals surface area contributed by atoms with Crippen LogP contribution in [-0.4, -0.2) is 54.6 Å². The molecule has 5 atom stereocenters. The molecule has 0 aromatic heterocycles. The topological polar surface area (TPSA) is 65.0 Å². The van der Waals surface area contributed by atoms with Crippen molar-refractivity contribution in [1.82, 2.24) is 0 Å². The summed E-state index contributed by atoms with van der Waals surface area (Å²) in [5, 5.41) is 10.6. The van der Waals surface area contributed by atoms with Gasteiger partial charge in [0.25, 0.3) is 0 Å². The molecule has 0 spiro atoms. The Hall–Kier alpha value is -0.620. The third-order valence-corrected chi connectivity index (χ3v) is 7.17. The Morgan fingerprint density at radius 1 is 1.16 bits per heavy atom. The number of aliphatic hydroxyl groups excluding tert-OH is 1. The molecule has 31 heavy (non-hydrogen) atoms. The second-order valence-electron chi connectivity index (χ2n) is 10.2. The maximum absolute atomic E-state index is 11.7. The van der Waals surface area contributed by atoms with Gasteiger partial charge in [-0.25, -0.2) is 4.79 Å². The van der Waals surface area contributed by atoms with Crippen molar-refractivity contribution in [3.63, 3.8) is 0 Å². The average Bonchev–Trinajstić information content (AvgIpc) is 2.97. The Morgan fingerprint density at radius 2 is 1.87 bits per heavy atom. The molecule has 180 valence electrons. The highest BCUT2D eigenvalue weighted by atomic mass is 35.5. The second kappa shape index (κ2) is 13.2. The van der Waals surface area contributed by atoms with E-state index in [1.807, 2.05) is 34.0 Å². The molecule has 0 amide bonds. The van der Waals surface area contributed by atoms with Gasteiger partial charge in [0.15, 0.2) is 0 Å². The van der Waals surface area contributed by atoms with Crippen molar-refractivity contribution < 1.29 is 24.1 Å². The van der Waals surface area contributed by atoms with Gasteiger partial charge in [0.1, 0.15) is 12.2 Å². The number of hydrogen-bond acceptors (Lipinski definition) is 5. The summed E-state index contributed by atoms with van der Waals surface area (Å²) in [4.78, 5) is 11.7. The molecule has 5 nitrogen and oxygen atoms in total. The van der Waals surface area contributed by atoms with E-state index in [1.54, 1.807) is 0 Å². The predicted molar refractivity (Wildman–Crippen MR) is 124 cm³/mol. The Bertz CT molecular complexity index is 553. The lowest BCUT2D eigenvalue weighted by atomic mass is 9.80. The molecule has 2 unspecified atom stereocenters. The molecule has 0 radical (unpaired) electrons. The number of rotatable bonds is 11. The molecule has 0 bridgehead atoms. The highest BCUT2D eigenvalue weighted by molar-refractivity contribution is 6.21. The van der Waals surface area contributed by atoms with Crippen molar-refractivity contribution >= 4 is 17.6 Å². The molecule has 0 aromatic rings. The van der Waals surface area contributed by atoms with E-state index in [0.717, 1.165) is 19.3 Å². The molecule has 0 saturated heterocycles. The highest BCUT2D eigenvalue weighted by Gasteiger charge is 2.41. The fraction of sp³-hybridized carbons (Fsp3) is 0.880. The Balaban J connectivity index is 1.75. The van der Waals surface area contributed by atoms with Crippen molar-refractivity contribution in [2.24, 2.45) is 17.8 Å². The molecule has 2 rings (SSSR count). The highest BCUT2D eigenvalue weighted by Crippen LogP contribution is 2.42. The van der Waals surface area contributed by atoms with Crippen LogP contribution in [-0.2, 0) is 19.0 Å². The van der Waals surface area contributed by atoms with Crippen molar-refractivity contribution in [2.75, 3.05) is 20.3 Å². The molecule has 2 aliphatic carbocycles. The van der Waals surface area contributed by atoms with Gasteiger partial charge in [0.05, 0.1) is 18.8 Å². The van der Waals surface area contributed by atoms with Crippen molar-refractivity contribution in [3.8, 4) is 0 Å². The first-order valence-corrected chi connectivity index (χ1v) is 12.4. The number of ether oxygens (including phenoxy) is 3. The molecular formula is C25H43ClO5. The minimum absolute atomic E-state index is 0.0111. The summed E-state index contributed by atoms with van der Waals surface area (Å²) < 4.78 is 16.4. The first-order chi connectivity index (χ1) is 14.7. The van der Waals surface area contributed by atoms with E-state index in [-0.39, 0.29) is 35.9 Å². The molecule has 1 N–H and O–H groups in total. The Morgan fingerprint density at radius 3 is 2.52 bits per heavy atom. The van der Waals surface area contributed by atoms with Gasteiger partial charge in [-0.15, -0.1) is 11.6 Å². The number of allylic oxidation sites excluding steroid dienone is 1. The molecule has 0 heterocycles. The zero-order chi connectivity index (χ0) is 22.9. The van der Waals surface area contributed by atoms with E-state index in [2.05, 4.69) is 6.08 Å². The largest absolute Gasteiger partial charge is 0.458 e. The lowest BCUT2D eigenvalue weighted by Gasteiger charge is -2.31. The maximum Gasteiger partial charge on any atom is 0.332 e. The smallest absolute Gasteiger partial charge is 0.332 e. The number of aliphatic hydroxyl groups is 1. The third-order valence-electron chi connectivity index (χ3n) is 6.67. The standard InChI is InChI=1S/C25H43ClO5/c1-25(2,3)31-24(28)17-30-15-9-8-12-19-20(22(27)16-21(19)26)13-14-23(29-4)18-10-6-5-7-11-18/h8-9,18-23,27H,5-7,10-17H2,1-4H3/b9-8-/t19?,20?,21-,22-,23-/m0/s1. The SMILES string of the molecule is CO[C@@H](CCC1C(C/C=C\COCC(=O)OC(C)(C)C)[C@@H](Cl)C[C@@H]1O)C1CCCCC1. The lowest BCUT2D eigenvalue weighted by Crippen LogP contribution is -2.28. The van der Waals surface area contributed by atoms with E-state index in [1.165, 1.54) is 32.1 Å². The van der Waals surface area contributed by atoms with Crippen LogP contribution in [0.2, 0.25) is 0 Å². The van der Waals surface area contributed by atoms with Crippen LogP contribution in [0.25, 0.3) is 0 Å². The van der Waals surface area contributed by atoms with Gasteiger partial charge in [0.2, 0.25) is 0 Å². The van der Waals surface area contributed by atoms with Gasteiger partial charge < -0.3 is 19.3 Å². The number of hydrogen-bond donors (Lipinski definition) is 1. The van der Waals surface area contributed by atoms with Crippen molar-refractivity contribution in [3.05, 3.63) is 12.2 Å². The van der Waals surface area contributed by atoms with Crippen molar-refractivity contribution in [1.29, 1.82) is 0 Å². The van der Waals surface area contributed by atoms with E-state index in [4.69, 9.17) is 25.8 Å². The molecule has 2 fully saturated rings. The predicted octanol–water partition coefficient (Wildman–Crippen LogP) is 5.27. The van der Waals surface area contributed by atoms with Crippen LogP contribution in [0, 0.1) is 17.8 Å². The van der Waals surface area contributed by atoms with Gasteiger partial charge in [-0.05, 0) is 77.0 Å². The lowest BCUT2D eigenvalue weighted by molar-refractivity contribution is -0.159. The van der Waals surface area contributed by atoms with Crippen LogP contribution in [0.5, 0.6) is 0 Å². The first-order valence-electron chi connectivity index (χ1n) is 12.0. The molecule has 2 aliphatic rings. The quantitative estimate of drug-likeness (QED) is 0.198.